The highest BCUT2D eigenvalue weighted by Gasteiger charge is 2.44. The number of nitrogens with one attached hydrogen (secondary N) is 1. The third-order valence-electron chi connectivity index (χ3n) is 6.04. The Morgan fingerprint density at radius 1 is 1.29 bits per heavy atom. The summed E-state index contributed by atoms with van der Waals surface area (Å²) in [5.41, 5.74) is -1.24. The first-order valence-electron chi connectivity index (χ1n) is 9.32. The van der Waals surface area contributed by atoms with Crippen molar-refractivity contribution in [1.29, 1.82) is 5.41 Å². The van der Waals surface area contributed by atoms with Gasteiger partial charge in [0.05, 0.1) is 5.56 Å². The molecule has 1 aromatic carbocycles. The number of benzene rings is 1. The molecule has 28 heavy (non-hydrogen) atoms. The predicted molar refractivity (Wildman–Crippen MR) is 97.9 cm³/mol. The number of nitrogens with zero attached hydrogens (tertiary/aromatic N) is 2. The number of hydrogen-bond acceptors (Lipinski definition) is 3. The maximum Gasteiger partial charge on any atom is 0.416 e. The zero-order valence-electron chi connectivity index (χ0n) is 16.0. The SMILES string of the molecule is CN1C(=N)C[C@](C)(C2CCCN(C(=O)c3cccc(C(F)(F)F)c3)C2)CC1=O. The number of amidine groups is 1. The van der Waals surface area contributed by atoms with E-state index < -0.39 is 23.1 Å². The second kappa shape index (κ2) is 7.22. The van der Waals surface area contributed by atoms with Crippen LogP contribution >= 0.6 is 0 Å². The Hall–Kier alpha value is -2.38. The number of halogens is 3. The minimum absolute atomic E-state index is 0.0211. The van der Waals surface area contributed by atoms with Crippen molar-refractivity contribution in [1.82, 2.24) is 9.80 Å². The Morgan fingerprint density at radius 3 is 2.64 bits per heavy atom. The first kappa shape index (κ1) is 20.4. The zero-order chi connectivity index (χ0) is 20.7. The number of alkyl halides is 3. The average molecular weight is 395 g/mol. The summed E-state index contributed by atoms with van der Waals surface area (Å²) < 4.78 is 38.9. The normalized spacial score (nSPS) is 26.5. The van der Waals surface area contributed by atoms with Crippen LogP contribution in [0.25, 0.3) is 0 Å². The molecule has 0 saturated carbocycles. The van der Waals surface area contributed by atoms with Crippen molar-refractivity contribution >= 4 is 17.6 Å². The van der Waals surface area contributed by atoms with E-state index in [1.165, 1.54) is 17.0 Å². The highest BCUT2D eigenvalue weighted by Crippen LogP contribution is 2.43. The smallest absolute Gasteiger partial charge is 0.338 e. The van der Waals surface area contributed by atoms with Crippen LogP contribution in [0.5, 0.6) is 0 Å². The van der Waals surface area contributed by atoms with Gasteiger partial charge >= 0.3 is 6.18 Å². The van der Waals surface area contributed by atoms with Gasteiger partial charge in [0, 0.05) is 38.5 Å². The van der Waals surface area contributed by atoms with Crippen LogP contribution in [0.3, 0.4) is 0 Å². The summed E-state index contributed by atoms with van der Waals surface area (Å²) in [5, 5.41) is 8.07. The van der Waals surface area contributed by atoms with E-state index in [2.05, 4.69) is 0 Å². The number of rotatable bonds is 2. The van der Waals surface area contributed by atoms with E-state index >= 15 is 0 Å². The summed E-state index contributed by atoms with van der Waals surface area (Å²) in [6, 6.07) is 4.49. The van der Waals surface area contributed by atoms with Gasteiger partial charge in [-0.2, -0.15) is 13.2 Å². The highest BCUT2D eigenvalue weighted by molar-refractivity contribution is 5.99. The van der Waals surface area contributed by atoms with Gasteiger partial charge in [0.25, 0.3) is 5.91 Å². The van der Waals surface area contributed by atoms with E-state index in [-0.39, 0.29) is 23.2 Å². The quantitative estimate of drug-likeness (QED) is 0.828. The van der Waals surface area contributed by atoms with Crippen LogP contribution in [0.1, 0.15) is 48.5 Å². The fraction of sp³-hybridized carbons (Fsp3) is 0.550. The highest BCUT2D eigenvalue weighted by atomic mass is 19.4. The molecular formula is C20H24F3N3O2. The number of hydrogen-bond donors (Lipinski definition) is 1. The molecule has 2 saturated heterocycles. The number of carbonyl (C=O) groups is 2. The standard InChI is InChI=1S/C20H24F3N3O2/c1-19(10-16(24)25(2)17(27)11-19)15-7-4-8-26(12-15)18(28)13-5-3-6-14(9-13)20(21,22)23/h3,5-6,9,15,24H,4,7-8,10-12H2,1-2H3/t15?,19-/m0/s1. The molecule has 2 aliphatic rings. The molecule has 1 unspecified atom stereocenters. The minimum atomic E-state index is -4.50. The van der Waals surface area contributed by atoms with Gasteiger partial charge in [-0.05, 0) is 42.4 Å². The molecule has 2 aliphatic heterocycles. The molecule has 1 aromatic rings. The first-order chi connectivity index (χ1) is 13.0. The molecule has 0 aromatic heterocycles. The molecule has 2 atom stereocenters. The molecule has 2 fully saturated rings. The van der Waals surface area contributed by atoms with Crippen LogP contribution in [0, 0.1) is 16.7 Å². The van der Waals surface area contributed by atoms with Crippen molar-refractivity contribution in [2.75, 3.05) is 20.1 Å². The lowest BCUT2D eigenvalue weighted by Gasteiger charge is -2.46. The van der Waals surface area contributed by atoms with Gasteiger partial charge in [-0.25, -0.2) is 0 Å². The molecule has 5 nitrogen and oxygen atoms in total. The monoisotopic (exact) mass is 395 g/mol. The van der Waals surface area contributed by atoms with Gasteiger partial charge in [-0.15, -0.1) is 0 Å². The van der Waals surface area contributed by atoms with Crippen molar-refractivity contribution in [2.24, 2.45) is 11.3 Å². The number of amides is 2. The Morgan fingerprint density at radius 2 is 2.00 bits per heavy atom. The zero-order valence-corrected chi connectivity index (χ0v) is 16.0. The molecule has 0 radical (unpaired) electrons. The van der Waals surface area contributed by atoms with Gasteiger partial charge in [-0.3, -0.25) is 15.0 Å². The molecule has 152 valence electrons. The Balaban J connectivity index is 1.77. The van der Waals surface area contributed by atoms with Crippen molar-refractivity contribution in [3.8, 4) is 0 Å². The van der Waals surface area contributed by atoms with E-state index in [4.69, 9.17) is 5.41 Å². The Kier molecular flexibility index (Phi) is 5.25. The van der Waals surface area contributed by atoms with E-state index in [1.54, 1.807) is 11.9 Å². The first-order valence-corrected chi connectivity index (χ1v) is 9.32. The lowest BCUT2D eigenvalue weighted by molar-refractivity contribution is -0.137. The Bertz CT molecular complexity index is 788. The third kappa shape index (κ3) is 3.91. The summed E-state index contributed by atoms with van der Waals surface area (Å²) in [6.45, 7) is 2.83. The second-order valence-corrected chi connectivity index (χ2v) is 8.08. The van der Waals surface area contributed by atoms with Crippen LogP contribution in [0.15, 0.2) is 24.3 Å². The fourth-order valence-corrected chi connectivity index (χ4v) is 4.21. The number of carbonyl (C=O) groups excluding carboxylic acids is 2. The van der Waals surface area contributed by atoms with Gasteiger partial charge in [0.2, 0.25) is 5.91 Å². The molecule has 8 heteroatoms. The predicted octanol–water partition coefficient (Wildman–Crippen LogP) is 3.79. The lowest BCUT2D eigenvalue weighted by atomic mass is 9.67. The maximum atomic E-state index is 13.0. The van der Waals surface area contributed by atoms with E-state index in [0.29, 0.717) is 25.9 Å². The lowest BCUT2D eigenvalue weighted by Crippen LogP contribution is -2.51. The molecule has 2 amide bonds. The van der Waals surface area contributed by atoms with Crippen LogP contribution in [0.2, 0.25) is 0 Å². The van der Waals surface area contributed by atoms with E-state index in [9.17, 15) is 22.8 Å². The number of likely N-dealkylation sites (tertiary alicyclic amines) is 2. The summed E-state index contributed by atoms with van der Waals surface area (Å²) in [4.78, 5) is 28.0. The topological polar surface area (TPSA) is 64.5 Å². The van der Waals surface area contributed by atoms with Crippen LogP contribution in [0.4, 0.5) is 13.2 Å². The van der Waals surface area contributed by atoms with E-state index in [1.807, 2.05) is 6.92 Å². The van der Waals surface area contributed by atoms with Crippen molar-refractivity contribution in [3.63, 3.8) is 0 Å². The van der Waals surface area contributed by atoms with Crippen LogP contribution < -0.4 is 0 Å². The molecule has 0 aliphatic carbocycles. The Labute approximate surface area is 162 Å². The fourth-order valence-electron chi connectivity index (χ4n) is 4.21. The molecule has 0 bridgehead atoms. The van der Waals surface area contributed by atoms with Crippen LogP contribution in [-0.2, 0) is 11.0 Å². The van der Waals surface area contributed by atoms with E-state index in [0.717, 1.165) is 25.0 Å². The maximum absolute atomic E-state index is 13.0. The van der Waals surface area contributed by atoms with Gasteiger partial charge in [0.1, 0.15) is 5.84 Å². The summed E-state index contributed by atoms with van der Waals surface area (Å²) in [5.74, 6) is -0.247. The molecular weight excluding hydrogens is 371 g/mol. The minimum Gasteiger partial charge on any atom is -0.338 e. The van der Waals surface area contributed by atoms with Gasteiger partial charge in [0.15, 0.2) is 0 Å². The molecule has 2 heterocycles. The van der Waals surface area contributed by atoms with Crippen molar-refractivity contribution < 1.29 is 22.8 Å². The summed E-state index contributed by atoms with van der Waals surface area (Å²) in [7, 11) is 1.59. The molecule has 3 rings (SSSR count). The summed E-state index contributed by atoms with van der Waals surface area (Å²) >= 11 is 0. The average Bonchev–Trinajstić information content (AvgIpc) is 2.65. The van der Waals surface area contributed by atoms with Crippen LogP contribution in [-0.4, -0.2) is 47.6 Å². The third-order valence-corrected chi connectivity index (χ3v) is 6.04. The van der Waals surface area contributed by atoms with Gasteiger partial charge in [-0.1, -0.05) is 13.0 Å². The largest absolute Gasteiger partial charge is 0.416 e. The molecule has 0 spiro atoms. The van der Waals surface area contributed by atoms with Crippen molar-refractivity contribution in [3.05, 3.63) is 35.4 Å². The second-order valence-electron chi connectivity index (χ2n) is 8.08. The summed E-state index contributed by atoms with van der Waals surface area (Å²) in [6.07, 6.45) is -2.19. The van der Waals surface area contributed by atoms with Gasteiger partial charge < -0.3 is 9.80 Å². The molecule has 1 N–H and O–H groups in total. The van der Waals surface area contributed by atoms with Crippen molar-refractivity contribution in [2.45, 2.75) is 38.8 Å². The number of piperidine rings is 2.